The van der Waals surface area contributed by atoms with Crippen molar-refractivity contribution in [3.63, 3.8) is 0 Å². The van der Waals surface area contributed by atoms with E-state index < -0.39 is 0 Å². The molecule has 0 aliphatic rings. The maximum absolute atomic E-state index is 10.0. The summed E-state index contributed by atoms with van der Waals surface area (Å²) in [5.74, 6) is 0. The van der Waals surface area contributed by atoms with Crippen molar-refractivity contribution in [3.05, 3.63) is 12.2 Å². The number of allylic oxidation sites excluding steroid dienone is 2. The summed E-state index contributed by atoms with van der Waals surface area (Å²) in [6.45, 7) is 4.51. The number of rotatable bonds is 21. The minimum Gasteiger partial charge on any atom is -0.303 e. The fraction of sp³-hybridized carbons (Fsp3) is 0.846. The number of carbonyl (C=O) groups excluding carboxylic acids is 2. The molecule has 0 aromatic carbocycles. The van der Waals surface area contributed by atoms with Crippen LogP contribution < -0.4 is 0 Å². The summed E-state index contributed by atoms with van der Waals surface area (Å²) >= 11 is 0. The van der Waals surface area contributed by atoms with Gasteiger partial charge in [-0.15, -0.1) is 0 Å². The van der Waals surface area contributed by atoms with E-state index in [0.717, 1.165) is 31.8 Å². The molecule has 0 N–H and O–H groups in total. The summed E-state index contributed by atoms with van der Waals surface area (Å²) in [5, 5.41) is 0. The van der Waals surface area contributed by atoms with Crippen LogP contribution in [0.15, 0.2) is 12.2 Å². The molecule has 0 aromatic heterocycles. The van der Waals surface area contributed by atoms with Crippen LogP contribution in [0.5, 0.6) is 0 Å². The highest BCUT2D eigenvalue weighted by atomic mass is 16.1. The van der Waals surface area contributed by atoms with Gasteiger partial charge in [0.2, 0.25) is 0 Å². The fourth-order valence-corrected chi connectivity index (χ4v) is 3.26. The fourth-order valence-electron chi connectivity index (χ4n) is 3.26. The number of hydrogen-bond acceptors (Lipinski definition) is 2. The highest BCUT2D eigenvalue weighted by Gasteiger charge is 1.92. The van der Waals surface area contributed by atoms with E-state index in [-0.39, 0.29) is 0 Å². The lowest BCUT2D eigenvalue weighted by atomic mass is 10.1. The van der Waals surface area contributed by atoms with Crippen molar-refractivity contribution < 1.29 is 9.59 Å². The molecule has 0 amide bonds. The highest BCUT2D eigenvalue weighted by Crippen LogP contribution is 2.11. The van der Waals surface area contributed by atoms with E-state index >= 15 is 0 Å². The van der Waals surface area contributed by atoms with E-state index in [0.29, 0.717) is 0 Å². The minimum atomic E-state index is 0.760. The molecular weight excluding hydrogens is 344 g/mol. The van der Waals surface area contributed by atoms with Gasteiger partial charge < -0.3 is 4.79 Å². The van der Waals surface area contributed by atoms with Gasteiger partial charge >= 0.3 is 0 Å². The Morgan fingerprint density at radius 3 is 1.18 bits per heavy atom. The second kappa shape index (κ2) is 30.8. The Bertz CT molecular complexity index is 310. The smallest absolute Gasteiger partial charge is 0.142 e. The van der Waals surface area contributed by atoms with Crippen LogP contribution in [0, 0.1) is 0 Å². The first-order valence-corrected chi connectivity index (χ1v) is 12.4. The first-order valence-electron chi connectivity index (χ1n) is 12.4. The molecular formula is C26H50O2. The summed E-state index contributed by atoms with van der Waals surface area (Å²) in [5.41, 5.74) is 0. The molecule has 0 radical (unpaired) electrons. The van der Waals surface area contributed by atoms with E-state index in [1.54, 1.807) is 6.08 Å². The van der Waals surface area contributed by atoms with Gasteiger partial charge in [-0.25, -0.2) is 0 Å². The second-order valence-electron chi connectivity index (χ2n) is 7.97. The molecule has 0 aliphatic heterocycles. The SMILES string of the molecule is CCCCCCCCCCC/C=C\C=O.CCCCCCCCCCCC=O. The van der Waals surface area contributed by atoms with Gasteiger partial charge in [0.1, 0.15) is 12.6 Å². The Morgan fingerprint density at radius 1 is 0.464 bits per heavy atom. The van der Waals surface area contributed by atoms with Crippen molar-refractivity contribution in [1.29, 1.82) is 0 Å². The summed E-state index contributed by atoms with van der Waals surface area (Å²) < 4.78 is 0. The van der Waals surface area contributed by atoms with Gasteiger partial charge in [-0.1, -0.05) is 123 Å². The molecule has 0 heterocycles. The van der Waals surface area contributed by atoms with Gasteiger partial charge in [0.25, 0.3) is 0 Å². The predicted octanol–water partition coefficient (Wildman–Crippen LogP) is 8.77. The monoisotopic (exact) mass is 394 g/mol. The maximum Gasteiger partial charge on any atom is 0.142 e. The lowest BCUT2D eigenvalue weighted by molar-refractivity contribution is -0.108. The Morgan fingerprint density at radius 2 is 0.821 bits per heavy atom. The third-order valence-electron chi connectivity index (χ3n) is 5.11. The molecule has 28 heavy (non-hydrogen) atoms. The standard InChI is InChI=1S/C14H26O.C12H24O/c1-2-3-4-5-6-7-8-9-10-11-12-13-14-15;1-2-3-4-5-6-7-8-9-10-11-12-13/h12-14H,2-11H2,1H3;12H,2-11H2,1H3/b13-12-;. The number of unbranched alkanes of at least 4 members (excludes halogenated alkanes) is 18. The molecule has 0 saturated carbocycles. The Balaban J connectivity index is 0. The van der Waals surface area contributed by atoms with Gasteiger partial charge in [0, 0.05) is 6.42 Å². The summed E-state index contributed by atoms with van der Waals surface area (Å²) in [6, 6.07) is 0. The van der Waals surface area contributed by atoms with Crippen LogP contribution in [-0.4, -0.2) is 12.6 Å². The highest BCUT2D eigenvalue weighted by molar-refractivity contribution is 5.64. The third-order valence-corrected chi connectivity index (χ3v) is 5.11. The zero-order valence-corrected chi connectivity index (χ0v) is 19.3. The molecule has 2 heteroatoms. The number of hydrogen-bond donors (Lipinski definition) is 0. The van der Waals surface area contributed by atoms with Crippen LogP contribution in [0.2, 0.25) is 0 Å². The van der Waals surface area contributed by atoms with Crippen LogP contribution in [0.3, 0.4) is 0 Å². The zero-order chi connectivity index (χ0) is 21.0. The van der Waals surface area contributed by atoms with Crippen LogP contribution in [0.25, 0.3) is 0 Å². The average molecular weight is 395 g/mol. The van der Waals surface area contributed by atoms with Crippen molar-refractivity contribution in [1.82, 2.24) is 0 Å². The van der Waals surface area contributed by atoms with E-state index in [4.69, 9.17) is 0 Å². The summed E-state index contributed by atoms with van der Waals surface area (Å²) in [4.78, 5) is 20.0. The molecule has 166 valence electrons. The largest absolute Gasteiger partial charge is 0.303 e. The molecule has 0 fully saturated rings. The molecule has 0 bridgehead atoms. The van der Waals surface area contributed by atoms with Gasteiger partial charge in [-0.3, -0.25) is 4.79 Å². The van der Waals surface area contributed by atoms with Crippen LogP contribution >= 0.6 is 0 Å². The lowest BCUT2D eigenvalue weighted by Gasteiger charge is -2.00. The lowest BCUT2D eigenvalue weighted by Crippen LogP contribution is -1.81. The van der Waals surface area contributed by atoms with Crippen molar-refractivity contribution in [2.24, 2.45) is 0 Å². The number of carbonyl (C=O) groups is 2. The first-order chi connectivity index (χ1) is 13.8. The van der Waals surface area contributed by atoms with Crippen molar-refractivity contribution in [2.45, 2.75) is 142 Å². The number of aldehydes is 2. The zero-order valence-electron chi connectivity index (χ0n) is 19.3. The normalized spacial score (nSPS) is 10.6. The maximum atomic E-state index is 10.0. The molecule has 0 atom stereocenters. The molecule has 0 saturated heterocycles. The first kappa shape index (κ1) is 29.3. The Kier molecular flexibility index (Phi) is 32.2. The summed E-state index contributed by atoms with van der Waals surface area (Å²) in [6.07, 6.45) is 31.5. The molecule has 0 aliphatic carbocycles. The Labute approximate surface area is 177 Å². The molecule has 2 nitrogen and oxygen atoms in total. The van der Waals surface area contributed by atoms with E-state index in [1.165, 1.54) is 109 Å². The second-order valence-corrected chi connectivity index (χ2v) is 7.97. The van der Waals surface area contributed by atoms with Crippen molar-refractivity contribution in [2.75, 3.05) is 0 Å². The molecule has 0 aromatic rings. The van der Waals surface area contributed by atoms with Gasteiger partial charge in [0.05, 0.1) is 0 Å². The van der Waals surface area contributed by atoms with Gasteiger partial charge in [-0.05, 0) is 25.3 Å². The van der Waals surface area contributed by atoms with Crippen LogP contribution in [0.1, 0.15) is 142 Å². The van der Waals surface area contributed by atoms with Crippen LogP contribution in [0.4, 0.5) is 0 Å². The van der Waals surface area contributed by atoms with E-state index in [1.807, 2.05) is 6.08 Å². The minimum absolute atomic E-state index is 0.760. The predicted molar refractivity (Wildman–Crippen MR) is 125 cm³/mol. The van der Waals surface area contributed by atoms with E-state index in [2.05, 4.69) is 13.8 Å². The molecule has 0 spiro atoms. The van der Waals surface area contributed by atoms with Crippen molar-refractivity contribution in [3.8, 4) is 0 Å². The Hall–Kier alpha value is -0.920. The van der Waals surface area contributed by atoms with E-state index in [9.17, 15) is 9.59 Å². The van der Waals surface area contributed by atoms with Gasteiger partial charge in [-0.2, -0.15) is 0 Å². The quantitative estimate of drug-likeness (QED) is 0.111. The van der Waals surface area contributed by atoms with Crippen LogP contribution in [-0.2, 0) is 9.59 Å². The molecule has 0 unspecified atom stereocenters. The van der Waals surface area contributed by atoms with Gasteiger partial charge in [0.15, 0.2) is 0 Å². The third kappa shape index (κ3) is 32.7. The molecule has 0 rings (SSSR count). The van der Waals surface area contributed by atoms with Crippen molar-refractivity contribution >= 4 is 12.6 Å². The average Bonchev–Trinajstić information content (AvgIpc) is 2.71. The topological polar surface area (TPSA) is 34.1 Å². The summed E-state index contributed by atoms with van der Waals surface area (Å²) in [7, 11) is 0.